The van der Waals surface area contributed by atoms with Crippen LogP contribution >= 0.6 is 15.9 Å². The van der Waals surface area contributed by atoms with E-state index < -0.39 is 0 Å². The van der Waals surface area contributed by atoms with Gasteiger partial charge in [0.2, 0.25) is 0 Å². The summed E-state index contributed by atoms with van der Waals surface area (Å²) in [6, 6.07) is 18.8. The van der Waals surface area contributed by atoms with Crippen molar-refractivity contribution in [2.75, 3.05) is 11.6 Å². The first kappa shape index (κ1) is 18.3. The average Bonchev–Trinajstić information content (AvgIpc) is 3.05. The van der Waals surface area contributed by atoms with Crippen molar-refractivity contribution in [2.45, 2.75) is 39.3 Å². The second-order valence-corrected chi connectivity index (χ2v) is 8.87. The lowest BCUT2D eigenvalue weighted by Gasteiger charge is -2.31. The van der Waals surface area contributed by atoms with Crippen molar-refractivity contribution in [1.29, 1.82) is 0 Å². The fourth-order valence-electron chi connectivity index (χ4n) is 3.50. The van der Waals surface area contributed by atoms with E-state index >= 15 is 0 Å². The smallest absolute Gasteiger partial charge is 0.140 e. The largest absolute Gasteiger partial charge is 0.356 e. The molecular formula is C22H24BrN3O. The van der Waals surface area contributed by atoms with E-state index in [2.05, 4.69) is 94.8 Å². The van der Waals surface area contributed by atoms with Crippen LogP contribution < -0.4 is 4.90 Å². The molecule has 5 heteroatoms. The van der Waals surface area contributed by atoms with Crippen LogP contribution in [-0.4, -0.2) is 16.5 Å². The molecular weight excluding hydrogens is 402 g/mol. The van der Waals surface area contributed by atoms with E-state index in [9.17, 15) is 0 Å². The number of anilines is 1. The fourth-order valence-corrected chi connectivity index (χ4v) is 3.77. The number of rotatable bonds is 3. The normalized spacial score (nSPS) is 14.3. The fraction of sp³-hybridized carbons (Fsp3) is 0.318. The number of aromatic nitrogens is 2. The highest BCUT2D eigenvalue weighted by Gasteiger charge is 2.32. The molecule has 0 aliphatic carbocycles. The molecule has 140 valence electrons. The number of halogens is 1. The Morgan fingerprint density at radius 2 is 1.74 bits per heavy atom. The summed E-state index contributed by atoms with van der Waals surface area (Å²) in [4.78, 5) is 2.28. The van der Waals surface area contributed by atoms with Crippen LogP contribution in [0.15, 0.2) is 59.1 Å². The number of fused-ring (bicyclic) bond motifs is 1. The summed E-state index contributed by atoms with van der Waals surface area (Å²) in [7, 11) is 0. The third-order valence-corrected chi connectivity index (χ3v) is 5.28. The minimum absolute atomic E-state index is 0.0475. The summed E-state index contributed by atoms with van der Waals surface area (Å²) in [5.74, 6) is 1.14. The summed E-state index contributed by atoms with van der Waals surface area (Å²) in [5.41, 5.74) is 4.56. The maximum absolute atomic E-state index is 5.95. The van der Waals surface area contributed by atoms with E-state index in [0.29, 0.717) is 13.3 Å². The Morgan fingerprint density at radius 1 is 1.04 bits per heavy atom. The zero-order valence-corrected chi connectivity index (χ0v) is 17.5. The lowest BCUT2D eigenvalue weighted by Crippen LogP contribution is -2.32. The summed E-state index contributed by atoms with van der Waals surface area (Å²) in [6.07, 6.45) is 0. The highest BCUT2D eigenvalue weighted by Crippen LogP contribution is 2.37. The van der Waals surface area contributed by atoms with Crippen LogP contribution in [0.4, 0.5) is 5.82 Å². The van der Waals surface area contributed by atoms with Gasteiger partial charge in [0.25, 0.3) is 0 Å². The van der Waals surface area contributed by atoms with Crippen molar-refractivity contribution < 1.29 is 4.74 Å². The first-order valence-electron chi connectivity index (χ1n) is 9.18. The molecule has 2 heterocycles. The van der Waals surface area contributed by atoms with Gasteiger partial charge in [0.05, 0.1) is 18.0 Å². The van der Waals surface area contributed by atoms with Gasteiger partial charge < -0.3 is 9.64 Å². The number of ether oxygens (including phenoxy) is 1. The van der Waals surface area contributed by atoms with Crippen LogP contribution in [0.2, 0.25) is 0 Å². The maximum atomic E-state index is 5.95. The highest BCUT2D eigenvalue weighted by atomic mass is 79.9. The van der Waals surface area contributed by atoms with Gasteiger partial charge in [-0.2, -0.15) is 5.10 Å². The van der Waals surface area contributed by atoms with Crippen LogP contribution in [0.25, 0.3) is 5.69 Å². The van der Waals surface area contributed by atoms with Gasteiger partial charge in [-0.3, -0.25) is 0 Å². The predicted octanol–water partition coefficient (Wildman–Crippen LogP) is 5.43. The minimum Gasteiger partial charge on any atom is -0.356 e. The van der Waals surface area contributed by atoms with Gasteiger partial charge in [-0.25, -0.2) is 4.68 Å². The van der Waals surface area contributed by atoms with Crippen LogP contribution in [0, 0.1) is 0 Å². The quantitative estimate of drug-likeness (QED) is 0.560. The Hall–Kier alpha value is -2.11. The molecule has 0 amide bonds. The summed E-state index contributed by atoms with van der Waals surface area (Å²) in [6.45, 7) is 8.56. The van der Waals surface area contributed by atoms with Crippen LogP contribution in [0.5, 0.6) is 0 Å². The molecule has 0 saturated heterocycles. The Labute approximate surface area is 168 Å². The molecule has 0 unspecified atom stereocenters. The maximum Gasteiger partial charge on any atom is 0.140 e. The Kier molecular flexibility index (Phi) is 4.82. The molecule has 0 atom stereocenters. The van der Waals surface area contributed by atoms with E-state index in [4.69, 9.17) is 9.84 Å². The lowest BCUT2D eigenvalue weighted by atomic mass is 9.89. The number of nitrogens with zero attached hydrogens (tertiary/aromatic N) is 3. The number of benzene rings is 2. The molecule has 2 aromatic carbocycles. The molecule has 27 heavy (non-hydrogen) atoms. The van der Waals surface area contributed by atoms with Gasteiger partial charge >= 0.3 is 0 Å². The third kappa shape index (κ3) is 3.66. The van der Waals surface area contributed by atoms with Crippen molar-refractivity contribution in [3.8, 4) is 5.69 Å². The minimum atomic E-state index is -0.0475. The zero-order valence-electron chi connectivity index (χ0n) is 15.9. The van der Waals surface area contributed by atoms with Gasteiger partial charge in [0, 0.05) is 22.0 Å². The summed E-state index contributed by atoms with van der Waals surface area (Å²) >= 11 is 3.51. The number of hydrogen-bond acceptors (Lipinski definition) is 3. The topological polar surface area (TPSA) is 30.3 Å². The van der Waals surface area contributed by atoms with Gasteiger partial charge in [0.15, 0.2) is 0 Å². The predicted molar refractivity (Wildman–Crippen MR) is 112 cm³/mol. The first-order chi connectivity index (χ1) is 12.9. The van der Waals surface area contributed by atoms with E-state index in [0.717, 1.165) is 28.2 Å². The molecule has 3 aromatic rings. The average molecular weight is 426 g/mol. The summed E-state index contributed by atoms with van der Waals surface area (Å²) in [5, 5.41) is 5.03. The Bertz CT molecular complexity index is 927. The van der Waals surface area contributed by atoms with Crippen LogP contribution in [-0.2, 0) is 23.3 Å². The molecule has 0 N–H and O–H groups in total. The molecule has 0 radical (unpaired) electrons. The van der Waals surface area contributed by atoms with Gasteiger partial charge in [0.1, 0.15) is 12.5 Å². The molecule has 0 saturated carbocycles. The molecule has 0 fully saturated rings. The van der Waals surface area contributed by atoms with Crippen molar-refractivity contribution in [3.05, 3.63) is 75.9 Å². The monoisotopic (exact) mass is 425 g/mol. The van der Waals surface area contributed by atoms with Gasteiger partial charge in [-0.05, 0) is 29.8 Å². The number of para-hydroxylation sites is 1. The molecule has 1 aliphatic heterocycles. The van der Waals surface area contributed by atoms with Crippen LogP contribution in [0.1, 0.15) is 37.6 Å². The van der Waals surface area contributed by atoms with Crippen molar-refractivity contribution in [2.24, 2.45) is 0 Å². The lowest BCUT2D eigenvalue weighted by molar-refractivity contribution is 0.107. The summed E-state index contributed by atoms with van der Waals surface area (Å²) < 4.78 is 9.12. The zero-order chi connectivity index (χ0) is 19.0. The van der Waals surface area contributed by atoms with E-state index in [1.807, 2.05) is 6.07 Å². The highest BCUT2D eigenvalue weighted by molar-refractivity contribution is 9.10. The molecule has 1 aromatic heterocycles. The standard InChI is InChI=1S/C22H24BrN3O/c1-22(2,3)20-19-14-27-15-25(13-16-9-11-17(23)12-10-16)21(19)26(24-20)18-7-5-4-6-8-18/h4-12H,13-15H2,1-3H3. The van der Waals surface area contributed by atoms with Crippen molar-refractivity contribution in [1.82, 2.24) is 9.78 Å². The second-order valence-electron chi connectivity index (χ2n) is 7.95. The van der Waals surface area contributed by atoms with E-state index in [1.54, 1.807) is 0 Å². The number of hydrogen-bond donors (Lipinski definition) is 0. The second kappa shape index (κ2) is 7.13. The van der Waals surface area contributed by atoms with Crippen LogP contribution in [0.3, 0.4) is 0 Å². The Morgan fingerprint density at radius 3 is 2.41 bits per heavy atom. The SMILES string of the molecule is CC(C)(C)c1nn(-c2ccccc2)c2c1COCN2Cc1ccc(Br)cc1. The van der Waals surface area contributed by atoms with Crippen molar-refractivity contribution in [3.63, 3.8) is 0 Å². The van der Waals surface area contributed by atoms with Gasteiger partial charge in [-0.1, -0.05) is 67.0 Å². The molecule has 4 rings (SSSR count). The van der Waals surface area contributed by atoms with E-state index in [-0.39, 0.29) is 5.41 Å². The molecule has 0 bridgehead atoms. The van der Waals surface area contributed by atoms with Crippen molar-refractivity contribution >= 4 is 21.7 Å². The Balaban J connectivity index is 1.82. The first-order valence-corrected chi connectivity index (χ1v) is 9.98. The molecule has 0 spiro atoms. The molecule has 1 aliphatic rings. The van der Waals surface area contributed by atoms with Gasteiger partial charge in [-0.15, -0.1) is 0 Å². The van der Waals surface area contributed by atoms with E-state index in [1.165, 1.54) is 11.1 Å². The molecule has 4 nitrogen and oxygen atoms in total. The third-order valence-electron chi connectivity index (χ3n) is 4.75.